The van der Waals surface area contributed by atoms with Gasteiger partial charge in [-0.1, -0.05) is 27.7 Å². The second-order valence-electron chi connectivity index (χ2n) is 14.9. The van der Waals surface area contributed by atoms with E-state index >= 15 is 0 Å². The summed E-state index contributed by atoms with van der Waals surface area (Å²) in [7, 11) is 0. The molecule has 6 heteroatoms. The molecule has 0 aromatic rings. The maximum absolute atomic E-state index is 12.7. The van der Waals surface area contributed by atoms with Crippen molar-refractivity contribution in [1.82, 2.24) is 4.90 Å². The topological polar surface area (TPSA) is 72.9 Å². The monoisotopic (exact) mass is 543 g/mol. The zero-order chi connectivity index (χ0) is 28.3. The van der Waals surface area contributed by atoms with Gasteiger partial charge in [0.1, 0.15) is 12.2 Å². The molecule has 0 bridgehead atoms. The quantitative estimate of drug-likeness (QED) is 0.384. The lowest BCUT2D eigenvalue weighted by atomic mass is 9.44. The molecule has 5 rings (SSSR count). The third-order valence-electron chi connectivity index (χ3n) is 12.8. The molecule has 39 heavy (non-hydrogen) atoms. The van der Waals surface area contributed by atoms with Crippen molar-refractivity contribution in [1.29, 1.82) is 0 Å². The normalized spacial score (nSPS) is 46.3. The van der Waals surface area contributed by atoms with Crippen LogP contribution in [-0.4, -0.2) is 47.5 Å². The van der Waals surface area contributed by atoms with Crippen LogP contribution in [0.25, 0.3) is 0 Å². The van der Waals surface area contributed by atoms with E-state index in [1.54, 1.807) is 13.8 Å². The van der Waals surface area contributed by atoms with E-state index in [1.165, 1.54) is 32.6 Å². The van der Waals surface area contributed by atoms with Gasteiger partial charge in [0.05, 0.1) is 0 Å². The van der Waals surface area contributed by atoms with Crippen LogP contribution < -0.4 is 0 Å². The van der Waals surface area contributed by atoms with E-state index in [0.29, 0.717) is 40.9 Å². The standard InChI is InChI=1S/C33H53NO5/c1-19-8-11-29(34(18-19)21(3)35)20(2)31-30(39-23(5)37)17-28-26-10-9-24-16-25(38-22(4)36)12-14-32(24,6)27(26)13-15-33(28,31)7/h19-20,24-31H,8-18H2,1-7H3. The number of hydrogen-bond acceptors (Lipinski definition) is 5. The van der Waals surface area contributed by atoms with Crippen LogP contribution in [-0.2, 0) is 23.9 Å². The van der Waals surface area contributed by atoms with Gasteiger partial charge in [-0.05, 0) is 111 Å². The average Bonchev–Trinajstić information content (AvgIpc) is 3.14. The molecule has 6 nitrogen and oxygen atoms in total. The molecule has 5 aliphatic rings. The number of ether oxygens (including phenoxy) is 2. The van der Waals surface area contributed by atoms with Crippen LogP contribution in [0.3, 0.4) is 0 Å². The van der Waals surface area contributed by atoms with E-state index < -0.39 is 0 Å². The van der Waals surface area contributed by atoms with Gasteiger partial charge in [-0.15, -0.1) is 0 Å². The summed E-state index contributed by atoms with van der Waals surface area (Å²) in [4.78, 5) is 38.9. The molecule has 4 saturated carbocycles. The van der Waals surface area contributed by atoms with E-state index in [0.717, 1.165) is 45.1 Å². The fourth-order valence-corrected chi connectivity index (χ4v) is 11.2. The Labute approximate surface area is 236 Å². The van der Waals surface area contributed by atoms with Gasteiger partial charge in [0.25, 0.3) is 0 Å². The zero-order valence-corrected chi connectivity index (χ0v) is 25.5. The summed E-state index contributed by atoms with van der Waals surface area (Å²) in [5.74, 6) is 3.48. The summed E-state index contributed by atoms with van der Waals surface area (Å²) in [6.07, 6.45) is 11.2. The van der Waals surface area contributed by atoms with Gasteiger partial charge >= 0.3 is 11.9 Å². The van der Waals surface area contributed by atoms with Gasteiger partial charge in [-0.3, -0.25) is 14.4 Å². The SMILES string of the molecule is CC(=O)OC1CCC2(C)C(CCC3C2CCC2(C)C3CC(OC(C)=O)C2C(C)C2CCC(C)CN2C(C)=O)C1. The minimum absolute atomic E-state index is 0.0651. The van der Waals surface area contributed by atoms with E-state index in [4.69, 9.17) is 9.47 Å². The molecule has 220 valence electrons. The predicted molar refractivity (Wildman–Crippen MR) is 150 cm³/mol. The lowest BCUT2D eigenvalue weighted by Crippen LogP contribution is -2.56. The van der Waals surface area contributed by atoms with Gasteiger partial charge in [0.15, 0.2) is 0 Å². The number of amides is 1. The third-order valence-corrected chi connectivity index (χ3v) is 12.8. The summed E-state index contributed by atoms with van der Waals surface area (Å²) in [5, 5.41) is 0. The Morgan fingerprint density at radius 2 is 1.51 bits per heavy atom. The summed E-state index contributed by atoms with van der Waals surface area (Å²) < 4.78 is 11.9. The van der Waals surface area contributed by atoms with E-state index in [9.17, 15) is 14.4 Å². The minimum Gasteiger partial charge on any atom is -0.463 e. The van der Waals surface area contributed by atoms with Gasteiger partial charge in [-0.2, -0.15) is 0 Å². The van der Waals surface area contributed by atoms with Crippen LogP contribution >= 0.6 is 0 Å². The first-order chi connectivity index (χ1) is 18.3. The molecule has 0 aromatic heterocycles. The summed E-state index contributed by atoms with van der Waals surface area (Å²) in [6, 6.07) is 0.222. The number of rotatable bonds is 4. The van der Waals surface area contributed by atoms with Crippen molar-refractivity contribution >= 4 is 17.8 Å². The highest BCUT2D eigenvalue weighted by molar-refractivity contribution is 5.73. The number of piperidine rings is 1. The Hall–Kier alpha value is -1.59. The third kappa shape index (κ3) is 5.05. The maximum atomic E-state index is 12.7. The maximum Gasteiger partial charge on any atom is 0.302 e. The van der Waals surface area contributed by atoms with Crippen LogP contribution in [0.2, 0.25) is 0 Å². The Balaban J connectivity index is 1.41. The summed E-state index contributed by atoms with van der Waals surface area (Å²) >= 11 is 0. The number of fused-ring (bicyclic) bond motifs is 5. The number of carbonyl (C=O) groups excluding carboxylic acids is 3. The smallest absolute Gasteiger partial charge is 0.302 e. The lowest BCUT2D eigenvalue weighted by molar-refractivity contribution is -0.162. The van der Waals surface area contributed by atoms with Gasteiger partial charge in [0.2, 0.25) is 5.91 Å². The fraction of sp³-hybridized carbons (Fsp3) is 0.909. The molecule has 12 unspecified atom stereocenters. The van der Waals surface area contributed by atoms with Crippen molar-refractivity contribution in [3.8, 4) is 0 Å². The molecular formula is C33H53NO5. The Bertz CT molecular complexity index is 966. The second kappa shape index (κ2) is 10.7. The van der Waals surface area contributed by atoms with Crippen molar-refractivity contribution in [3.63, 3.8) is 0 Å². The van der Waals surface area contributed by atoms with Crippen LogP contribution in [0, 0.1) is 52.3 Å². The molecule has 0 aromatic carbocycles. The molecule has 12 atom stereocenters. The molecule has 1 aliphatic heterocycles. The highest BCUT2D eigenvalue weighted by atomic mass is 16.5. The van der Waals surface area contributed by atoms with Crippen molar-refractivity contribution in [3.05, 3.63) is 0 Å². The average molecular weight is 544 g/mol. The molecule has 1 saturated heterocycles. The number of carbonyl (C=O) groups is 3. The summed E-state index contributed by atoms with van der Waals surface area (Å²) in [6.45, 7) is 15.3. The van der Waals surface area contributed by atoms with E-state index in [-0.39, 0.29) is 47.4 Å². The van der Waals surface area contributed by atoms with Crippen molar-refractivity contribution < 1.29 is 23.9 Å². The van der Waals surface area contributed by atoms with Crippen molar-refractivity contribution in [2.75, 3.05) is 6.54 Å². The molecular weight excluding hydrogens is 490 g/mol. The molecule has 1 amide bonds. The first kappa shape index (κ1) is 28.9. The molecule has 5 fully saturated rings. The van der Waals surface area contributed by atoms with E-state index in [1.807, 2.05) is 0 Å². The number of esters is 2. The summed E-state index contributed by atoms with van der Waals surface area (Å²) in [5.41, 5.74) is 0.414. The Morgan fingerprint density at radius 1 is 0.821 bits per heavy atom. The Kier molecular flexibility index (Phi) is 7.91. The van der Waals surface area contributed by atoms with Crippen LogP contribution in [0.5, 0.6) is 0 Å². The van der Waals surface area contributed by atoms with Crippen LogP contribution in [0.4, 0.5) is 0 Å². The molecule has 0 N–H and O–H groups in total. The number of likely N-dealkylation sites (tertiary alicyclic amines) is 1. The molecule has 1 heterocycles. The van der Waals surface area contributed by atoms with Gasteiger partial charge < -0.3 is 14.4 Å². The number of hydrogen-bond donors (Lipinski definition) is 0. The molecule has 0 radical (unpaired) electrons. The second-order valence-corrected chi connectivity index (χ2v) is 14.9. The van der Waals surface area contributed by atoms with Gasteiger partial charge in [-0.25, -0.2) is 0 Å². The fourth-order valence-electron chi connectivity index (χ4n) is 11.2. The highest BCUT2D eigenvalue weighted by Gasteiger charge is 2.64. The first-order valence-corrected chi connectivity index (χ1v) is 16.0. The Morgan fingerprint density at radius 3 is 2.18 bits per heavy atom. The largest absolute Gasteiger partial charge is 0.463 e. The zero-order valence-electron chi connectivity index (χ0n) is 25.5. The number of nitrogens with zero attached hydrogens (tertiary/aromatic N) is 1. The highest BCUT2D eigenvalue weighted by Crippen LogP contribution is 2.69. The van der Waals surface area contributed by atoms with Crippen molar-refractivity contribution in [2.45, 2.75) is 131 Å². The first-order valence-electron chi connectivity index (χ1n) is 16.0. The minimum atomic E-state index is -0.170. The van der Waals surface area contributed by atoms with Crippen LogP contribution in [0.1, 0.15) is 113 Å². The molecule has 0 spiro atoms. The van der Waals surface area contributed by atoms with Crippen LogP contribution in [0.15, 0.2) is 0 Å². The van der Waals surface area contributed by atoms with E-state index in [2.05, 4.69) is 32.6 Å². The predicted octanol–water partition coefficient (Wildman–Crippen LogP) is 6.40. The molecule has 4 aliphatic carbocycles. The van der Waals surface area contributed by atoms with Gasteiger partial charge in [0, 0.05) is 39.3 Å². The lowest BCUT2D eigenvalue weighted by Gasteiger charge is -2.61. The van der Waals surface area contributed by atoms with Crippen molar-refractivity contribution in [2.24, 2.45) is 52.3 Å².